The predicted octanol–water partition coefficient (Wildman–Crippen LogP) is 4.04. The van der Waals surface area contributed by atoms with E-state index in [1.54, 1.807) is 6.20 Å². The van der Waals surface area contributed by atoms with E-state index in [1.807, 2.05) is 42.3 Å². The fourth-order valence-corrected chi connectivity index (χ4v) is 2.70. The quantitative estimate of drug-likeness (QED) is 0.926. The second-order valence-electron chi connectivity index (χ2n) is 4.62. The van der Waals surface area contributed by atoms with E-state index in [9.17, 15) is 0 Å². The Morgan fingerprint density at radius 1 is 1.25 bits per heavy atom. The third kappa shape index (κ3) is 2.90. The van der Waals surface area contributed by atoms with E-state index in [-0.39, 0.29) is 6.04 Å². The first-order valence-corrected chi connectivity index (χ1v) is 7.12. The molecule has 20 heavy (non-hydrogen) atoms. The number of nitrogens with two attached hydrogens (primary N) is 1. The van der Waals surface area contributed by atoms with Crippen molar-refractivity contribution in [2.24, 2.45) is 5.73 Å². The van der Waals surface area contributed by atoms with E-state index in [0.29, 0.717) is 17.4 Å². The molecule has 106 valence electrons. The topological polar surface area (TPSA) is 42.2 Å². The Morgan fingerprint density at radius 2 is 1.95 bits per heavy atom. The van der Waals surface area contributed by atoms with Crippen molar-refractivity contribution in [3.63, 3.8) is 0 Å². The zero-order valence-corrected chi connectivity index (χ0v) is 13.0. The molecule has 0 bridgehead atoms. The maximum Gasteiger partial charge on any atom is 0.147 e. The van der Waals surface area contributed by atoms with Gasteiger partial charge in [-0.3, -0.25) is 0 Å². The monoisotopic (exact) mass is 309 g/mol. The molecule has 3 nitrogen and oxygen atoms in total. The summed E-state index contributed by atoms with van der Waals surface area (Å²) in [5.74, 6) is 0.710. The molecule has 2 aromatic rings. The van der Waals surface area contributed by atoms with Gasteiger partial charge in [-0.2, -0.15) is 0 Å². The number of aromatic nitrogens is 1. The number of hydrogen-bond acceptors (Lipinski definition) is 3. The van der Waals surface area contributed by atoms with Gasteiger partial charge < -0.3 is 10.6 Å². The van der Waals surface area contributed by atoms with Gasteiger partial charge in [0.15, 0.2) is 0 Å². The predicted molar refractivity (Wildman–Crippen MR) is 85.4 cm³/mol. The summed E-state index contributed by atoms with van der Waals surface area (Å²) in [5, 5.41) is 1.33. The van der Waals surface area contributed by atoms with E-state index in [1.165, 1.54) is 0 Å². The third-order valence-corrected chi connectivity index (χ3v) is 4.20. The summed E-state index contributed by atoms with van der Waals surface area (Å²) in [6.07, 6.45) is 1.72. The van der Waals surface area contributed by atoms with Gasteiger partial charge in [0, 0.05) is 24.8 Å². The molecular weight excluding hydrogens is 293 g/mol. The molecule has 0 aliphatic heterocycles. The highest BCUT2D eigenvalue weighted by Gasteiger charge is 2.19. The second-order valence-corrected chi connectivity index (χ2v) is 5.41. The molecule has 1 aromatic heterocycles. The van der Waals surface area contributed by atoms with Crippen molar-refractivity contribution in [1.29, 1.82) is 0 Å². The number of nitrogens with zero attached hydrogens (tertiary/aromatic N) is 2. The molecule has 0 aliphatic carbocycles. The molecule has 1 heterocycles. The first kappa shape index (κ1) is 15.1. The SMILES string of the molecule is CC(c1ccccc1Cl)N(C)c1nccc(CN)c1Cl. The summed E-state index contributed by atoms with van der Waals surface area (Å²) >= 11 is 12.6. The van der Waals surface area contributed by atoms with Crippen molar-refractivity contribution >= 4 is 29.0 Å². The zero-order valence-electron chi connectivity index (χ0n) is 11.5. The highest BCUT2D eigenvalue weighted by molar-refractivity contribution is 6.33. The Morgan fingerprint density at radius 3 is 2.60 bits per heavy atom. The fraction of sp³-hybridized carbons (Fsp3) is 0.267. The van der Waals surface area contributed by atoms with Gasteiger partial charge in [0.25, 0.3) is 0 Å². The molecule has 1 atom stereocenters. The maximum atomic E-state index is 6.36. The summed E-state index contributed by atoms with van der Waals surface area (Å²) in [6, 6.07) is 9.66. The minimum atomic E-state index is 0.0572. The largest absolute Gasteiger partial charge is 0.352 e. The highest BCUT2D eigenvalue weighted by Crippen LogP contribution is 2.33. The second kappa shape index (κ2) is 6.44. The van der Waals surface area contributed by atoms with Crippen LogP contribution in [0.25, 0.3) is 0 Å². The number of benzene rings is 1. The molecule has 1 unspecified atom stereocenters. The lowest BCUT2D eigenvalue weighted by molar-refractivity contribution is 0.728. The molecule has 1 aromatic carbocycles. The van der Waals surface area contributed by atoms with Crippen LogP contribution in [0.3, 0.4) is 0 Å². The van der Waals surface area contributed by atoms with Gasteiger partial charge in [-0.1, -0.05) is 41.4 Å². The van der Waals surface area contributed by atoms with E-state index in [2.05, 4.69) is 11.9 Å². The van der Waals surface area contributed by atoms with Crippen LogP contribution in [0.2, 0.25) is 10.0 Å². The zero-order chi connectivity index (χ0) is 14.7. The average Bonchev–Trinajstić information content (AvgIpc) is 2.46. The molecule has 0 radical (unpaired) electrons. The van der Waals surface area contributed by atoms with Crippen LogP contribution < -0.4 is 10.6 Å². The fourth-order valence-electron chi connectivity index (χ4n) is 2.08. The van der Waals surface area contributed by atoms with Crippen molar-refractivity contribution < 1.29 is 0 Å². The lowest BCUT2D eigenvalue weighted by Gasteiger charge is -2.28. The normalized spacial score (nSPS) is 12.2. The summed E-state index contributed by atoms with van der Waals surface area (Å²) < 4.78 is 0. The van der Waals surface area contributed by atoms with E-state index in [4.69, 9.17) is 28.9 Å². The molecule has 0 spiro atoms. The van der Waals surface area contributed by atoms with Gasteiger partial charge in [-0.05, 0) is 30.2 Å². The lowest BCUT2D eigenvalue weighted by Crippen LogP contribution is -2.23. The van der Waals surface area contributed by atoms with Crippen molar-refractivity contribution in [1.82, 2.24) is 4.98 Å². The van der Waals surface area contributed by atoms with Gasteiger partial charge in [-0.25, -0.2) is 4.98 Å². The van der Waals surface area contributed by atoms with Crippen LogP contribution in [0.1, 0.15) is 24.1 Å². The first-order valence-electron chi connectivity index (χ1n) is 6.37. The summed E-state index contributed by atoms with van der Waals surface area (Å²) in [4.78, 5) is 6.36. The molecular formula is C15H17Cl2N3. The molecule has 0 saturated heterocycles. The van der Waals surface area contributed by atoms with Crippen LogP contribution in [0, 0.1) is 0 Å². The molecule has 0 fully saturated rings. The molecule has 2 N–H and O–H groups in total. The van der Waals surface area contributed by atoms with Crippen LogP contribution in [0.15, 0.2) is 36.5 Å². The van der Waals surface area contributed by atoms with Crippen LogP contribution in [0.4, 0.5) is 5.82 Å². The average molecular weight is 310 g/mol. The standard InChI is InChI=1S/C15H17Cl2N3/c1-10(12-5-3-4-6-13(12)16)20(2)15-14(17)11(9-18)7-8-19-15/h3-8,10H,9,18H2,1-2H3. The Hall–Kier alpha value is -1.29. The molecule has 0 aliphatic rings. The van der Waals surface area contributed by atoms with Crippen molar-refractivity contribution in [3.05, 3.63) is 57.7 Å². The van der Waals surface area contributed by atoms with Crippen LogP contribution >= 0.6 is 23.2 Å². The summed E-state index contributed by atoms with van der Waals surface area (Å²) in [7, 11) is 1.95. The lowest BCUT2D eigenvalue weighted by atomic mass is 10.1. The number of halogens is 2. The number of rotatable bonds is 4. The molecule has 0 saturated carbocycles. The first-order chi connectivity index (χ1) is 9.56. The van der Waals surface area contributed by atoms with E-state index >= 15 is 0 Å². The van der Waals surface area contributed by atoms with Crippen molar-refractivity contribution in [2.45, 2.75) is 19.5 Å². The van der Waals surface area contributed by atoms with Gasteiger partial charge >= 0.3 is 0 Å². The van der Waals surface area contributed by atoms with Crippen molar-refractivity contribution in [2.75, 3.05) is 11.9 Å². The number of anilines is 1. The van der Waals surface area contributed by atoms with Crippen LogP contribution in [-0.4, -0.2) is 12.0 Å². The minimum Gasteiger partial charge on any atom is -0.352 e. The van der Waals surface area contributed by atoms with Gasteiger partial charge in [0.05, 0.1) is 11.1 Å². The smallest absolute Gasteiger partial charge is 0.147 e. The Kier molecular flexibility index (Phi) is 4.86. The number of pyridine rings is 1. The third-order valence-electron chi connectivity index (χ3n) is 3.44. The van der Waals surface area contributed by atoms with Gasteiger partial charge in [-0.15, -0.1) is 0 Å². The van der Waals surface area contributed by atoms with E-state index in [0.717, 1.165) is 16.1 Å². The van der Waals surface area contributed by atoms with Gasteiger partial charge in [0.1, 0.15) is 5.82 Å². The Labute approximate surface area is 129 Å². The molecule has 5 heteroatoms. The Bertz CT molecular complexity index is 601. The minimum absolute atomic E-state index is 0.0572. The maximum absolute atomic E-state index is 6.36. The number of hydrogen-bond donors (Lipinski definition) is 1. The summed E-state index contributed by atoms with van der Waals surface area (Å²) in [5.41, 5.74) is 7.60. The van der Waals surface area contributed by atoms with Crippen molar-refractivity contribution in [3.8, 4) is 0 Å². The van der Waals surface area contributed by atoms with Gasteiger partial charge in [0.2, 0.25) is 0 Å². The van der Waals surface area contributed by atoms with E-state index < -0.39 is 0 Å². The van der Waals surface area contributed by atoms with Crippen LogP contribution in [0.5, 0.6) is 0 Å². The summed E-state index contributed by atoms with van der Waals surface area (Å²) in [6.45, 7) is 2.46. The Balaban J connectivity index is 2.36. The highest BCUT2D eigenvalue weighted by atomic mass is 35.5. The van der Waals surface area contributed by atoms with Crippen LogP contribution in [-0.2, 0) is 6.54 Å². The molecule has 2 rings (SSSR count). The molecule has 0 amide bonds.